The van der Waals surface area contributed by atoms with Crippen molar-refractivity contribution in [2.75, 3.05) is 0 Å². The molecule has 0 saturated heterocycles. The fourth-order valence-electron chi connectivity index (χ4n) is 2.45. The molecule has 0 spiro atoms. The Balaban J connectivity index is 4.62. The first-order valence-electron chi connectivity index (χ1n) is 7.37. The molecule has 0 aromatic heterocycles. The summed E-state index contributed by atoms with van der Waals surface area (Å²) in [4.78, 5) is 10.6. The number of unbranched alkanes of at least 4 members (excludes halogenated alkanes) is 3. The summed E-state index contributed by atoms with van der Waals surface area (Å²) in [6.07, 6.45) is 10.8. The van der Waals surface area contributed by atoms with Crippen molar-refractivity contribution in [3.05, 3.63) is 10.2 Å². The van der Waals surface area contributed by atoms with Crippen molar-refractivity contribution in [2.45, 2.75) is 72.6 Å². The van der Waals surface area contributed by atoms with Crippen LogP contribution in [0.1, 0.15) is 59.3 Å². The van der Waals surface area contributed by atoms with E-state index in [1.807, 2.05) is 6.08 Å². The van der Waals surface area contributed by atoms with E-state index in [1.165, 1.54) is 51.8 Å². The molecule has 0 aliphatic rings. The van der Waals surface area contributed by atoms with Gasteiger partial charge in [-0.3, -0.25) is 0 Å². The van der Waals surface area contributed by atoms with Crippen molar-refractivity contribution in [2.24, 2.45) is 0 Å². The van der Waals surface area contributed by atoms with Crippen LogP contribution in [0.3, 0.4) is 0 Å². The quantitative estimate of drug-likeness (QED) is 0.288. The van der Waals surface area contributed by atoms with Crippen LogP contribution in [-0.2, 0) is 4.79 Å². The second-order valence-corrected chi connectivity index (χ2v) is 18.2. The number of hydrogen-bond donors (Lipinski definition) is 0. The van der Waals surface area contributed by atoms with Crippen molar-refractivity contribution in [3.8, 4) is 0 Å². The van der Waals surface area contributed by atoms with Crippen LogP contribution < -0.4 is 0 Å². The third kappa shape index (κ3) is 8.01. The standard InChI is InChI=1S/3C4H9.C3H3O.Sn/c3*1-3-4-2;1-2-3-4;/h3*1,3-4H2,2H3;1-3H;. The molecule has 0 amide bonds. The Labute approximate surface area is 112 Å². The molecule has 0 bridgehead atoms. The molecule has 0 N–H and O–H groups in total. The van der Waals surface area contributed by atoms with Crippen LogP contribution in [0.5, 0.6) is 0 Å². The molecule has 0 aliphatic carbocycles. The molecule has 1 nitrogen and oxygen atoms in total. The van der Waals surface area contributed by atoms with E-state index in [-0.39, 0.29) is 0 Å². The summed E-state index contributed by atoms with van der Waals surface area (Å²) >= 11 is -2.10. The first-order chi connectivity index (χ1) is 8.24. The van der Waals surface area contributed by atoms with Gasteiger partial charge in [-0.05, 0) is 0 Å². The summed E-state index contributed by atoms with van der Waals surface area (Å²) in [5.41, 5.74) is 0. The number of hydrogen-bond acceptors (Lipinski definition) is 1. The summed E-state index contributed by atoms with van der Waals surface area (Å²) in [5, 5.41) is 0. The van der Waals surface area contributed by atoms with E-state index in [0.717, 1.165) is 6.29 Å². The van der Waals surface area contributed by atoms with Gasteiger partial charge in [0.2, 0.25) is 0 Å². The second-order valence-electron chi connectivity index (χ2n) is 5.17. The molecule has 2 heteroatoms. The van der Waals surface area contributed by atoms with E-state index in [2.05, 4.69) is 24.9 Å². The minimum absolute atomic E-state index is 0.982. The van der Waals surface area contributed by atoms with Crippen LogP contribution in [0.2, 0.25) is 13.3 Å². The third-order valence-corrected chi connectivity index (χ3v) is 17.7. The number of carbonyl (C=O) groups excluding carboxylic acids is 1. The van der Waals surface area contributed by atoms with Crippen LogP contribution in [0, 0.1) is 0 Å². The van der Waals surface area contributed by atoms with Gasteiger partial charge in [0.05, 0.1) is 0 Å². The summed E-state index contributed by atoms with van der Waals surface area (Å²) in [5.74, 6) is 0. The topological polar surface area (TPSA) is 17.1 Å². The first kappa shape index (κ1) is 17.2. The number of rotatable bonds is 11. The summed E-state index contributed by atoms with van der Waals surface area (Å²) in [6.45, 7) is 6.83. The van der Waals surface area contributed by atoms with Crippen molar-refractivity contribution >= 4 is 24.7 Å². The zero-order valence-corrected chi connectivity index (χ0v) is 14.9. The number of carbonyl (C=O) groups is 1. The first-order valence-corrected chi connectivity index (χ1v) is 15.1. The molecular weight excluding hydrogens is 315 g/mol. The van der Waals surface area contributed by atoms with E-state index >= 15 is 0 Å². The van der Waals surface area contributed by atoms with Gasteiger partial charge < -0.3 is 0 Å². The van der Waals surface area contributed by atoms with E-state index in [0.29, 0.717) is 0 Å². The van der Waals surface area contributed by atoms with E-state index in [9.17, 15) is 4.79 Å². The van der Waals surface area contributed by atoms with Gasteiger partial charge in [0.15, 0.2) is 0 Å². The van der Waals surface area contributed by atoms with E-state index < -0.39 is 18.4 Å². The summed E-state index contributed by atoms with van der Waals surface area (Å²) in [7, 11) is 0. The summed E-state index contributed by atoms with van der Waals surface area (Å²) < 4.78 is 6.77. The van der Waals surface area contributed by atoms with Crippen molar-refractivity contribution < 1.29 is 4.79 Å². The Kier molecular flexibility index (Phi) is 11.4. The van der Waals surface area contributed by atoms with Gasteiger partial charge in [-0.2, -0.15) is 0 Å². The van der Waals surface area contributed by atoms with E-state index in [4.69, 9.17) is 0 Å². The molecule has 0 radical (unpaired) electrons. The monoisotopic (exact) mass is 346 g/mol. The molecule has 0 atom stereocenters. The van der Waals surface area contributed by atoms with Gasteiger partial charge in [0.25, 0.3) is 0 Å². The molecule has 0 aromatic carbocycles. The number of aldehydes is 1. The van der Waals surface area contributed by atoms with Gasteiger partial charge in [0.1, 0.15) is 0 Å². The second kappa shape index (κ2) is 11.3. The van der Waals surface area contributed by atoms with Crippen molar-refractivity contribution in [1.29, 1.82) is 0 Å². The normalized spacial score (nSPS) is 12.2. The third-order valence-electron chi connectivity index (χ3n) is 3.61. The van der Waals surface area contributed by atoms with Crippen LogP contribution in [0.25, 0.3) is 0 Å². The van der Waals surface area contributed by atoms with Gasteiger partial charge in [-0.25, -0.2) is 0 Å². The predicted octanol–water partition coefficient (Wildman–Crippen LogP) is 5.13. The van der Waals surface area contributed by atoms with Gasteiger partial charge >= 0.3 is 112 Å². The van der Waals surface area contributed by atoms with E-state index in [1.54, 1.807) is 0 Å². The average molecular weight is 345 g/mol. The SMILES string of the molecule is CCC[CH2][Sn](/[CH]=C/C=O)([CH2]CCC)[CH2]CCC. The molecule has 17 heavy (non-hydrogen) atoms. The molecular formula is C15H30OSn. The zero-order chi connectivity index (χ0) is 13.0. The Morgan fingerprint density at radius 2 is 1.24 bits per heavy atom. The summed E-state index contributed by atoms with van der Waals surface area (Å²) in [6, 6.07) is 0. The van der Waals surface area contributed by atoms with Crippen LogP contribution in [-0.4, -0.2) is 24.7 Å². The Hall–Kier alpha value is 0.209. The fraction of sp³-hybridized carbons (Fsp3) is 0.800. The molecule has 0 aromatic rings. The number of allylic oxidation sites excluding steroid dienone is 1. The van der Waals surface area contributed by atoms with Crippen molar-refractivity contribution in [1.82, 2.24) is 0 Å². The molecule has 100 valence electrons. The van der Waals surface area contributed by atoms with Gasteiger partial charge in [-0.1, -0.05) is 0 Å². The predicted molar refractivity (Wildman–Crippen MR) is 80.1 cm³/mol. The molecule has 0 fully saturated rings. The van der Waals surface area contributed by atoms with Gasteiger partial charge in [-0.15, -0.1) is 0 Å². The van der Waals surface area contributed by atoms with Crippen molar-refractivity contribution in [3.63, 3.8) is 0 Å². The molecule has 0 unspecified atom stereocenters. The van der Waals surface area contributed by atoms with Crippen LogP contribution in [0.15, 0.2) is 10.2 Å². The Morgan fingerprint density at radius 1 is 0.824 bits per heavy atom. The molecule has 0 rings (SSSR count). The minimum atomic E-state index is -2.10. The average Bonchev–Trinajstić information content (AvgIpc) is 2.37. The van der Waals surface area contributed by atoms with Gasteiger partial charge in [0, 0.05) is 0 Å². The fourth-order valence-corrected chi connectivity index (χ4v) is 16.5. The maximum absolute atomic E-state index is 10.6. The zero-order valence-electron chi connectivity index (χ0n) is 12.0. The van der Waals surface area contributed by atoms with Crippen LogP contribution in [0.4, 0.5) is 0 Å². The molecule has 0 heterocycles. The van der Waals surface area contributed by atoms with Crippen LogP contribution >= 0.6 is 0 Å². The Bertz CT molecular complexity index is 189. The Morgan fingerprint density at radius 3 is 1.53 bits per heavy atom. The molecule has 0 saturated carbocycles. The molecule has 0 aliphatic heterocycles. The maximum atomic E-state index is 10.6.